The molecule has 0 radical (unpaired) electrons. The van der Waals surface area contributed by atoms with E-state index in [4.69, 9.17) is 0 Å². The van der Waals surface area contributed by atoms with Crippen molar-refractivity contribution >= 4 is 45.1 Å². The number of allylic oxidation sites excluding steroid dienone is 1. The third-order valence-corrected chi connectivity index (χ3v) is 6.66. The van der Waals surface area contributed by atoms with Crippen LogP contribution >= 0.6 is 23.1 Å². The van der Waals surface area contributed by atoms with Crippen LogP contribution in [0.3, 0.4) is 0 Å². The molecule has 2 amide bonds. The lowest BCUT2D eigenvalue weighted by molar-refractivity contribution is -0.131. The van der Waals surface area contributed by atoms with Crippen LogP contribution in [0.15, 0.2) is 41.9 Å². The first-order valence-corrected chi connectivity index (χ1v) is 11.2. The van der Waals surface area contributed by atoms with Gasteiger partial charge in [0.25, 0.3) is 5.91 Å². The molecule has 1 atom stereocenters. The molecule has 0 aliphatic carbocycles. The lowest BCUT2D eigenvalue weighted by Crippen LogP contribution is -2.43. The van der Waals surface area contributed by atoms with E-state index in [-0.39, 0.29) is 17.6 Å². The number of hydrogen-bond acceptors (Lipinski definition) is 4. The predicted octanol–water partition coefficient (Wildman–Crippen LogP) is 3.45. The normalized spacial score (nSPS) is 18.0. The highest BCUT2D eigenvalue weighted by molar-refractivity contribution is 8.00. The molecule has 1 aliphatic rings. The van der Waals surface area contributed by atoms with Gasteiger partial charge in [-0.3, -0.25) is 9.59 Å². The summed E-state index contributed by atoms with van der Waals surface area (Å²) in [6, 6.07) is 8.31. The van der Waals surface area contributed by atoms with Gasteiger partial charge in [-0.1, -0.05) is 29.5 Å². The second-order valence-corrected chi connectivity index (χ2v) is 8.68. The number of rotatable bonds is 6. The minimum absolute atomic E-state index is 0.128. The van der Waals surface area contributed by atoms with E-state index in [0.29, 0.717) is 23.1 Å². The lowest BCUT2D eigenvalue weighted by atomic mass is 10.0. The molecule has 27 heavy (non-hydrogen) atoms. The Morgan fingerprint density at radius 2 is 2.15 bits per heavy atom. The number of para-hydroxylation sites is 1. The maximum Gasteiger partial charge on any atom is 0.258 e. The number of hydrogen-bond donors (Lipinski definition) is 0. The van der Waals surface area contributed by atoms with Crippen LogP contribution in [-0.4, -0.2) is 45.4 Å². The van der Waals surface area contributed by atoms with Crippen LogP contribution in [0.25, 0.3) is 10.2 Å². The van der Waals surface area contributed by atoms with E-state index in [1.165, 1.54) is 29.5 Å². The van der Waals surface area contributed by atoms with Gasteiger partial charge in [0.2, 0.25) is 5.91 Å². The van der Waals surface area contributed by atoms with E-state index in [1.807, 2.05) is 33.7 Å². The Kier molecular flexibility index (Phi) is 6.90. The Hall–Kier alpha value is -1.86. The van der Waals surface area contributed by atoms with Gasteiger partial charge in [0.05, 0.1) is 21.7 Å². The van der Waals surface area contributed by atoms with E-state index in [2.05, 4.69) is 18.5 Å². The molecule has 0 saturated carbocycles. The number of likely N-dealkylation sites (tertiary alicyclic amines) is 1. The summed E-state index contributed by atoms with van der Waals surface area (Å²) in [6.07, 6.45) is 5.13. The first-order valence-electron chi connectivity index (χ1n) is 9.24. The summed E-state index contributed by atoms with van der Waals surface area (Å²) in [4.78, 5) is 31.6. The summed E-state index contributed by atoms with van der Waals surface area (Å²) in [5, 5.41) is 0. The fourth-order valence-corrected chi connectivity index (χ4v) is 5.07. The van der Waals surface area contributed by atoms with Gasteiger partial charge in [0.15, 0.2) is 4.80 Å². The van der Waals surface area contributed by atoms with Crippen molar-refractivity contribution in [2.45, 2.75) is 38.8 Å². The third-order valence-electron chi connectivity index (χ3n) is 4.69. The van der Waals surface area contributed by atoms with Gasteiger partial charge in [-0.25, -0.2) is 0 Å². The molecule has 5 nitrogen and oxygen atoms in total. The topological polar surface area (TPSA) is 54.7 Å². The quantitative estimate of drug-likeness (QED) is 0.694. The third kappa shape index (κ3) is 4.90. The maximum absolute atomic E-state index is 12.4. The summed E-state index contributed by atoms with van der Waals surface area (Å²) in [6.45, 7) is 7.33. The average Bonchev–Trinajstić information content (AvgIpc) is 2.99. The van der Waals surface area contributed by atoms with E-state index in [1.54, 1.807) is 6.08 Å². The largest absolute Gasteiger partial charge is 0.339 e. The van der Waals surface area contributed by atoms with Crippen LogP contribution in [0.2, 0.25) is 0 Å². The van der Waals surface area contributed by atoms with Crippen LogP contribution in [0.1, 0.15) is 26.2 Å². The van der Waals surface area contributed by atoms with Crippen molar-refractivity contribution in [3.8, 4) is 0 Å². The first kappa shape index (κ1) is 19.9. The Labute approximate surface area is 167 Å². The predicted molar refractivity (Wildman–Crippen MR) is 113 cm³/mol. The molecule has 0 bridgehead atoms. The summed E-state index contributed by atoms with van der Waals surface area (Å²) >= 11 is 2.85. The maximum atomic E-state index is 12.4. The molecule has 3 rings (SSSR count). The minimum Gasteiger partial charge on any atom is -0.339 e. The minimum atomic E-state index is -0.205. The van der Waals surface area contributed by atoms with Crippen LogP contribution < -0.4 is 4.80 Å². The average molecular weight is 404 g/mol. The van der Waals surface area contributed by atoms with Gasteiger partial charge < -0.3 is 9.47 Å². The van der Waals surface area contributed by atoms with E-state index < -0.39 is 0 Å². The molecular weight excluding hydrogens is 378 g/mol. The van der Waals surface area contributed by atoms with Crippen LogP contribution in [0.4, 0.5) is 0 Å². The van der Waals surface area contributed by atoms with Gasteiger partial charge in [0, 0.05) is 19.1 Å². The van der Waals surface area contributed by atoms with Gasteiger partial charge in [-0.2, -0.15) is 4.99 Å². The monoisotopic (exact) mass is 403 g/mol. The van der Waals surface area contributed by atoms with Crippen molar-refractivity contribution in [2.24, 2.45) is 4.99 Å². The number of aromatic nitrogens is 1. The number of thioether (sulfide) groups is 1. The van der Waals surface area contributed by atoms with E-state index in [9.17, 15) is 9.59 Å². The molecule has 144 valence electrons. The molecule has 0 N–H and O–H groups in total. The number of nitrogens with zero attached hydrogens (tertiary/aromatic N) is 3. The second kappa shape index (κ2) is 9.37. The smallest absolute Gasteiger partial charge is 0.258 e. The summed E-state index contributed by atoms with van der Waals surface area (Å²) in [7, 11) is 0. The number of carbonyl (C=O) groups excluding carboxylic acids is 2. The standard InChI is InChI=1S/C20H25N3O2S2/c1-3-11-23-16-9-4-5-10-17(16)27-20(23)21-18(24)13-26-14-19(25)22-12-7-6-8-15(22)2/h3-5,9-10,15H,1,6-8,11-14H2,2H3. The Bertz CT molecular complexity index is 900. The highest BCUT2D eigenvalue weighted by Gasteiger charge is 2.22. The number of fused-ring (bicyclic) bond motifs is 1. The number of benzene rings is 1. The van der Waals surface area contributed by atoms with Gasteiger partial charge >= 0.3 is 0 Å². The second-order valence-electron chi connectivity index (χ2n) is 6.68. The molecule has 7 heteroatoms. The van der Waals surface area contributed by atoms with Crippen LogP contribution in [0.5, 0.6) is 0 Å². The molecule has 0 spiro atoms. The van der Waals surface area contributed by atoms with Gasteiger partial charge in [0.1, 0.15) is 0 Å². The molecule has 2 aromatic rings. The lowest BCUT2D eigenvalue weighted by Gasteiger charge is -2.33. The first-order chi connectivity index (χ1) is 13.1. The molecule has 1 saturated heterocycles. The fraction of sp³-hybridized carbons (Fsp3) is 0.450. The fourth-order valence-electron chi connectivity index (χ4n) is 3.33. The Balaban J connectivity index is 1.63. The number of amides is 2. The van der Waals surface area contributed by atoms with Crippen molar-refractivity contribution in [3.05, 3.63) is 41.7 Å². The van der Waals surface area contributed by atoms with Crippen molar-refractivity contribution in [3.63, 3.8) is 0 Å². The molecule has 2 heterocycles. The zero-order valence-corrected chi connectivity index (χ0v) is 17.2. The van der Waals surface area contributed by atoms with Gasteiger partial charge in [-0.15, -0.1) is 18.3 Å². The molecule has 1 aromatic carbocycles. The van der Waals surface area contributed by atoms with E-state index in [0.717, 1.165) is 29.6 Å². The zero-order chi connectivity index (χ0) is 19.2. The van der Waals surface area contributed by atoms with Crippen molar-refractivity contribution in [1.29, 1.82) is 0 Å². The molecule has 1 unspecified atom stereocenters. The van der Waals surface area contributed by atoms with Crippen LogP contribution in [0, 0.1) is 0 Å². The van der Waals surface area contributed by atoms with E-state index >= 15 is 0 Å². The summed E-state index contributed by atoms with van der Waals surface area (Å²) < 4.78 is 3.09. The number of carbonyl (C=O) groups is 2. The highest BCUT2D eigenvalue weighted by atomic mass is 32.2. The van der Waals surface area contributed by atoms with Gasteiger partial charge in [-0.05, 0) is 38.3 Å². The SMILES string of the molecule is C=CCn1c(=NC(=O)CSCC(=O)N2CCCCC2C)sc2ccccc21. The van der Waals surface area contributed by atoms with Crippen molar-refractivity contribution < 1.29 is 9.59 Å². The zero-order valence-electron chi connectivity index (χ0n) is 15.6. The highest BCUT2D eigenvalue weighted by Crippen LogP contribution is 2.18. The molecule has 1 fully saturated rings. The van der Waals surface area contributed by atoms with Crippen LogP contribution in [-0.2, 0) is 16.1 Å². The summed E-state index contributed by atoms with van der Waals surface area (Å²) in [5.41, 5.74) is 1.05. The summed E-state index contributed by atoms with van der Waals surface area (Å²) in [5.74, 6) is 0.480. The molecular formula is C20H25N3O2S2. The Morgan fingerprint density at radius 1 is 1.33 bits per heavy atom. The number of thiazole rings is 1. The Morgan fingerprint density at radius 3 is 2.93 bits per heavy atom. The number of piperidine rings is 1. The van der Waals surface area contributed by atoms with Crippen molar-refractivity contribution in [2.75, 3.05) is 18.1 Å². The molecule has 1 aromatic heterocycles. The molecule has 1 aliphatic heterocycles. The van der Waals surface area contributed by atoms with Crippen molar-refractivity contribution in [1.82, 2.24) is 9.47 Å².